The van der Waals surface area contributed by atoms with Crippen LogP contribution in [-0.2, 0) is 33.4 Å². The molecule has 0 radical (unpaired) electrons. The van der Waals surface area contributed by atoms with Crippen molar-refractivity contribution in [1.29, 1.82) is 0 Å². The van der Waals surface area contributed by atoms with Crippen LogP contribution in [0.15, 0.2) is 47.8 Å². The molecule has 0 aliphatic rings. The molecule has 5 nitrogen and oxygen atoms in total. The van der Waals surface area contributed by atoms with Crippen molar-refractivity contribution in [2.24, 2.45) is 0 Å². The Morgan fingerprint density at radius 2 is 1.74 bits per heavy atom. The third kappa shape index (κ3) is 6.53. The molecule has 0 bridgehead atoms. The van der Waals surface area contributed by atoms with Crippen LogP contribution in [0.25, 0.3) is 10.6 Å². The minimum absolute atomic E-state index is 0.236. The summed E-state index contributed by atoms with van der Waals surface area (Å²) < 4.78 is 25.1. The second-order valence-electron chi connectivity index (χ2n) is 7.22. The van der Waals surface area contributed by atoms with Crippen LogP contribution in [0.5, 0.6) is 0 Å². The molecule has 9 heteroatoms. The summed E-state index contributed by atoms with van der Waals surface area (Å²) >= 11 is 13.3. The van der Waals surface area contributed by atoms with Crippen molar-refractivity contribution in [2.45, 2.75) is 25.6 Å². The summed E-state index contributed by atoms with van der Waals surface area (Å²) in [6.07, 6.45) is 0.954. The minimum Gasteiger partial charge on any atom is -0.341 e. The zero-order chi connectivity index (χ0) is 22.6. The highest BCUT2D eigenvalue weighted by Crippen LogP contribution is 2.25. The molecule has 0 saturated heterocycles. The average molecular weight is 497 g/mol. The Kier molecular flexibility index (Phi) is 7.75. The molecule has 1 aromatic heterocycles. The van der Waals surface area contributed by atoms with E-state index < -0.39 is 21.5 Å². The molecule has 0 atom stereocenters. The first-order valence-electron chi connectivity index (χ1n) is 9.59. The van der Waals surface area contributed by atoms with Gasteiger partial charge in [-0.05, 0) is 29.7 Å². The zero-order valence-electron chi connectivity index (χ0n) is 17.1. The van der Waals surface area contributed by atoms with Gasteiger partial charge in [-0.25, -0.2) is 13.4 Å². The quantitative estimate of drug-likeness (QED) is 0.426. The average Bonchev–Trinajstić information content (AvgIpc) is 3.18. The van der Waals surface area contributed by atoms with Crippen LogP contribution in [0.2, 0.25) is 10.0 Å². The van der Waals surface area contributed by atoms with E-state index in [-0.39, 0.29) is 12.3 Å². The second kappa shape index (κ2) is 10.1. The number of halogens is 2. The van der Waals surface area contributed by atoms with Crippen molar-refractivity contribution in [2.75, 3.05) is 12.8 Å². The van der Waals surface area contributed by atoms with Gasteiger partial charge in [0.05, 0.1) is 21.5 Å². The first kappa shape index (κ1) is 23.7. The fraction of sp³-hybridized carbons (Fsp3) is 0.273. The van der Waals surface area contributed by atoms with Crippen LogP contribution in [-0.4, -0.2) is 37.0 Å². The van der Waals surface area contributed by atoms with Crippen molar-refractivity contribution in [3.05, 3.63) is 74.7 Å². The summed E-state index contributed by atoms with van der Waals surface area (Å²) in [6, 6.07) is 13.1. The first-order chi connectivity index (χ1) is 14.7. The molecule has 0 spiro atoms. The Labute approximate surface area is 196 Å². The van der Waals surface area contributed by atoms with Crippen LogP contribution < -0.4 is 0 Å². The van der Waals surface area contributed by atoms with E-state index in [9.17, 15) is 13.2 Å². The maximum absolute atomic E-state index is 12.6. The second-order valence-corrected chi connectivity index (χ2v) is 11.0. The Morgan fingerprint density at radius 1 is 1.06 bits per heavy atom. The highest BCUT2D eigenvalue weighted by Gasteiger charge is 2.22. The molecule has 0 aliphatic carbocycles. The Hall–Kier alpha value is -1.93. The fourth-order valence-electron chi connectivity index (χ4n) is 2.96. The molecule has 31 heavy (non-hydrogen) atoms. The fourth-order valence-corrected chi connectivity index (χ4v) is 5.51. The lowest BCUT2D eigenvalue weighted by molar-refractivity contribution is -0.127. The van der Waals surface area contributed by atoms with Crippen molar-refractivity contribution < 1.29 is 13.2 Å². The van der Waals surface area contributed by atoms with Gasteiger partial charge >= 0.3 is 0 Å². The molecule has 3 aromatic rings. The number of rotatable bonds is 8. The number of nitrogens with zero attached hydrogens (tertiary/aromatic N) is 2. The van der Waals surface area contributed by atoms with Crippen molar-refractivity contribution in [3.8, 4) is 10.6 Å². The molecular weight excluding hydrogens is 475 g/mol. The van der Waals surface area contributed by atoms with E-state index in [1.54, 1.807) is 30.6 Å². The molecular formula is C22H22Cl2N2O3S2. The van der Waals surface area contributed by atoms with Crippen LogP contribution in [0.4, 0.5) is 0 Å². The molecule has 0 N–H and O–H groups in total. The van der Waals surface area contributed by atoms with Crippen molar-refractivity contribution >= 4 is 50.3 Å². The number of carbonyl (C=O) groups excluding carboxylic acids is 1. The summed E-state index contributed by atoms with van der Waals surface area (Å²) in [6.45, 7) is 2.32. The lowest BCUT2D eigenvalue weighted by Gasteiger charge is -2.17. The maximum atomic E-state index is 12.6. The first-order valence-corrected chi connectivity index (χ1v) is 13.0. The largest absolute Gasteiger partial charge is 0.341 e. The van der Waals surface area contributed by atoms with E-state index in [4.69, 9.17) is 23.2 Å². The molecule has 3 rings (SSSR count). The number of hydrogen-bond acceptors (Lipinski definition) is 5. The number of hydrogen-bond donors (Lipinski definition) is 0. The highest BCUT2D eigenvalue weighted by atomic mass is 35.5. The summed E-state index contributed by atoms with van der Waals surface area (Å²) in [7, 11) is -2.10. The maximum Gasteiger partial charge on any atom is 0.237 e. The Bertz CT molecular complexity index is 1180. The van der Waals surface area contributed by atoms with Gasteiger partial charge in [-0.2, -0.15) is 0 Å². The van der Waals surface area contributed by atoms with E-state index >= 15 is 0 Å². The van der Waals surface area contributed by atoms with Gasteiger partial charge in [0, 0.05) is 24.5 Å². The number of benzene rings is 2. The van der Waals surface area contributed by atoms with Gasteiger partial charge in [0.15, 0.2) is 9.84 Å². The van der Waals surface area contributed by atoms with Gasteiger partial charge in [0.1, 0.15) is 10.8 Å². The number of carbonyl (C=O) groups is 1. The zero-order valence-corrected chi connectivity index (χ0v) is 20.3. The molecule has 164 valence electrons. The third-order valence-electron chi connectivity index (χ3n) is 4.70. The Morgan fingerprint density at radius 3 is 2.39 bits per heavy atom. The number of aryl methyl sites for hydroxylation is 1. The molecule has 0 unspecified atom stereocenters. The number of thiazole rings is 1. The van der Waals surface area contributed by atoms with E-state index in [1.807, 2.05) is 24.3 Å². The molecule has 1 heterocycles. The van der Waals surface area contributed by atoms with E-state index in [2.05, 4.69) is 11.9 Å². The van der Waals surface area contributed by atoms with Crippen LogP contribution >= 0.6 is 34.5 Å². The van der Waals surface area contributed by atoms with Gasteiger partial charge in [-0.1, -0.05) is 60.5 Å². The lowest BCUT2D eigenvalue weighted by atomic mass is 10.1. The van der Waals surface area contributed by atoms with Gasteiger partial charge in [-0.15, -0.1) is 11.3 Å². The molecule has 1 amide bonds. The highest BCUT2D eigenvalue weighted by molar-refractivity contribution is 7.91. The summed E-state index contributed by atoms with van der Waals surface area (Å²) in [5.41, 5.74) is 3.38. The number of aromatic nitrogens is 1. The van der Waals surface area contributed by atoms with E-state index in [0.717, 1.165) is 22.6 Å². The smallest absolute Gasteiger partial charge is 0.237 e. The predicted molar refractivity (Wildman–Crippen MR) is 127 cm³/mol. The van der Waals surface area contributed by atoms with Gasteiger partial charge in [0.25, 0.3) is 0 Å². The van der Waals surface area contributed by atoms with Crippen LogP contribution in [0.1, 0.15) is 23.7 Å². The SMILES string of the molecule is CCc1ccc(-c2nc(CS(=O)(=O)CC(=O)N(C)Cc3ccc(Cl)c(Cl)c3)cs2)cc1. The summed E-state index contributed by atoms with van der Waals surface area (Å²) in [5.74, 6) is -1.34. The molecule has 2 aromatic carbocycles. The minimum atomic E-state index is -3.66. The standard InChI is InChI=1S/C22H22Cl2N2O3S2/c1-3-15-4-7-17(8-5-15)22-25-18(12-30-22)13-31(28,29)14-21(27)26(2)11-16-6-9-19(23)20(24)10-16/h4-10,12H,3,11,13-14H2,1-2H3. The summed E-state index contributed by atoms with van der Waals surface area (Å²) in [4.78, 5) is 18.3. The monoisotopic (exact) mass is 496 g/mol. The van der Waals surface area contributed by atoms with Crippen LogP contribution in [0.3, 0.4) is 0 Å². The van der Waals surface area contributed by atoms with Crippen molar-refractivity contribution in [3.63, 3.8) is 0 Å². The van der Waals surface area contributed by atoms with E-state index in [0.29, 0.717) is 15.7 Å². The third-order valence-corrected chi connectivity index (χ3v) is 7.80. The van der Waals surface area contributed by atoms with E-state index in [1.165, 1.54) is 21.8 Å². The van der Waals surface area contributed by atoms with Crippen molar-refractivity contribution in [1.82, 2.24) is 9.88 Å². The molecule has 0 aliphatic heterocycles. The Balaban J connectivity index is 1.61. The van der Waals surface area contributed by atoms with Crippen LogP contribution in [0, 0.1) is 0 Å². The van der Waals surface area contributed by atoms with Gasteiger partial charge < -0.3 is 4.90 Å². The number of sulfone groups is 1. The topological polar surface area (TPSA) is 67.3 Å². The normalized spacial score (nSPS) is 11.5. The van der Waals surface area contributed by atoms with Gasteiger partial charge in [0.2, 0.25) is 5.91 Å². The molecule has 0 fully saturated rings. The number of amides is 1. The van der Waals surface area contributed by atoms with Gasteiger partial charge in [-0.3, -0.25) is 4.79 Å². The summed E-state index contributed by atoms with van der Waals surface area (Å²) in [5, 5.41) is 3.29. The lowest BCUT2D eigenvalue weighted by Crippen LogP contribution is -2.32. The predicted octanol–water partition coefficient (Wildman–Crippen LogP) is 5.25. The molecule has 0 saturated carbocycles.